The number of rotatable bonds is 12. The smallest absolute Gasteiger partial charge is 0.223 e. The molecule has 0 aromatic heterocycles. The zero-order valence-corrected chi connectivity index (χ0v) is 21.2. The Morgan fingerprint density at radius 1 is 0.771 bits per heavy atom. The van der Waals surface area contributed by atoms with Crippen LogP contribution < -0.4 is 5.32 Å². The third-order valence-corrected chi connectivity index (χ3v) is 5.62. The van der Waals surface area contributed by atoms with Gasteiger partial charge < -0.3 is 9.64 Å². The van der Waals surface area contributed by atoms with Crippen molar-refractivity contribution in [2.45, 2.75) is 38.2 Å². The SMILES string of the molecule is CC(=O)NC=O.CN(C)CCCCCCOC(c1ccccc1)(c1ccccc1)c1ccccc1. The summed E-state index contributed by atoms with van der Waals surface area (Å²) in [6, 6.07) is 31.8. The molecule has 35 heavy (non-hydrogen) atoms. The Labute approximate surface area is 210 Å². The molecular formula is C30H38N2O3. The van der Waals surface area contributed by atoms with Crippen LogP contribution in [0.4, 0.5) is 0 Å². The molecule has 1 N–H and O–H groups in total. The minimum absolute atomic E-state index is 0.329. The second-order valence-corrected chi connectivity index (χ2v) is 8.66. The summed E-state index contributed by atoms with van der Waals surface area (Å²) in [5.74, 6) is -0.329. The number of carbonyl (C=O) groups excluding carboxylic acids is 2. The third-order valence-electron chi connectivity index (χ3n) is 5.62. The van der Waals surface area contributed by atoms with Crippen molar-refractivity contribution in [3.63, 3.8) is 0 Å². The maximum Gasteiger partial charge on any atom is 0.223 e. The molecule has 0 radical (unpaired) electrons. The predicted octanol–water partition coefficient (Wildman–Crippen LogP) is 5.40. The highest BCUT2D eigenvalue weighted by atomic mass is 16.5. The molecule has 3 rings (SSSR count). The van der Waals surface area contributed by atoms with E-state index in [9.17, 15) is 9.59 Å². The van der Waals surface area contributed by atoms with Crippen molar-refractivity contribution in [2.24, 2.45) is 0 Å². The van der Waals surface area contributed by atoms with Crippen LogP contribution in [-0.2, 0) is 19.9 Å². The highest BCUT2D eigenvalue weighted by molar-refractivity contribution is 5.83. The number of nitrogens with zero attached hydrogens (tertiary/aromatic N) is 1. The van der Waals surface area contributed by atoms with E-state index < -0.39 is 5.60 Å². The summed E-state index contributed by atoms with van der Waals surface area (Å²) in [5.41, 5.74) is 2.92. The molecule has 5 heteroatoms. The van der Waals surface area contributed by atoms with Gasteiger partial charge in [-0.1, -0.05) is 104 Å². The van der Waals surface area contributed by atoms with Gasteiger partial charge in [0.2, 0.25) is 12.3 Å². The van der Waals surface area contributed by atoms with Crippen LogP contribution in [0.5, 0.6) is 0 Å². The molecule has 2 amide bonds. The van der Waals surface area contributed by atoms with Crippen LogP contribution >= 0.6 is 0 Å². The highest BCUT2D eigenvalue weighted by Gasteiger charge is 2.37. The lowest BCUT2D eigenvalue weighted by molar-refractivity contribution is -0.123. The second kappa shape index (κ2) is 15.6. The maximum atomic E-state index is 9.70. The van der Waals surface area contributed by atoms with Crippen LogP contribution in [-0.4, -0.2) is 44.5 Å². The molecule has 5 nitrogen and oxygen atoms in total. The molecule has 186 valence electrons. The zero-order valence-electron chi connectivity index (χ0n) is 21.2. The number of amides is 2. The first-order chi connectivity index (χ1) is 17.0. The van der Waals surface area contributed by atoms with E-state index in [4.69, 9.17) is 4.74 Å². The molecule has 0 atom stereocenters. The van der Waals surface area contributed by atoms with Crippen molar-refractivity contribution in [3.8, 4) is 0 Å². The molecule has 0 aliphatic heterocycles. The first-order valence-corrected chi connectivity index (χ1v) is 12.2. The highest BCUT2D eigenvalue weighted by Crippen LogP contribution is 2.40. The molecule has 0 fully saturated rings. The molecular weight excluding hydrogens is 436 g/mol. The number of carbonyl (C=O) groups is 2. The van der Waals surface area contributed by atoms with Crippen molar-refractivity contribution in [1.29, 1.82) is 0 Å². The summed E-state index contributed by atoms with van der Waals surface area (Å²) in [6.07, 6.45) is 5.11. The quantitative estimate of drug-likeness (QED) is 0.217. The fourth-order valence-corrected chi connectivity index (χ4v) is 3.96. The van der Waals surface area contributed by atoms with Crippen LogP contribution in [0.3, 0.4) is 0 Å². The predicted molar refractivity (Wildman–Crippen MR) is 142 cm³/mol. The molecule has 0 aliphatic rings. The van der Waals surface area contributed by atoms with Crippen molar-refractivity contribution < 1.29 is 14.3 Å². The van der Waals surface area contributed by atoms with E-state index in [-0.39, 0.29) is 5.91 Å². The molecule has 0 bridgehead atoms. The lowest BCUT2D eigenvalue weighted by atomic mass is 9.80. The number of hydrogen-bond donors (Lipinski definition) is 1. The van der Waals surface area contributed by atoms with Gasteiger partial charge in [0.1, 0.15) is 5.60 Å². The van der Waals surface area contributed by atoms with E-state index in [1.165, 1.54) is 42.9 Å². The number of imide groups is 1. The topological polar surface area (TPSA) is 58.6 Å². The molecule has 0 saturated heterocycles. The standard InChI is InChI=1S/C27H33NO.C3H5NO2/c1-28(2)22-14-3-4-15-23-29-27(24-16-8-5-9-17-24,25-18-10-6-11-19-25)26-20-12-7-13-21-26;1-3(6)4-2-5/h5-13,16-21H,3-4,14-15,22-23H2,1-2H3;2H,1H3,(H,4,5,6). The Hall–Kier alpha value is -3.28. The van der Waals surface area contributed by atoms with Gasteiger partial charge >= 0.3 is 0 Å². The van der Waals surface area contributed by atoms with Crippen molar-refractivity contribution in [2.75, 3.05) is 27.2 Å². The van der Waals surface area contributed by atoms with Crippen molar-refractivity contribution >= 4 is 12.3 Å². The molecule has 0 heterocycles. The molecule has 0 saturated carbocycles. The summed E-state index contributed by atoms with van der Waals surface area (Å²) < 4.78 is 6.81. The summed E-state index contributed by atoms with van der Waals surface area (Å²) in [5, 5.41) is 1.89. The number of unbranched alkanes of at least 4 members (excludes halogenated alkanes) is 3. The van der Waals surface area contributed by atoms with E-state index in [0.29, 0.717) is 6.41 Å². The minimum atomic E-state index is -0.590. The first-order valence-electron chi connectivity index (χ1n) is 12.2. The van der Waals surface area contributed by atoms with Crippen LogP contribution in [0.15, 0.2) is 91.0 Å². The summed E-state index contributed by atoms with van der Waals surface area (Å²) in [6.45, 7) is 3.16. The summed E-state index contributed by atoms with van der Waals surface area (Å²) in [7, 11) is 4.27. The Morgan fingerprint density at radius 2 is 1.20 bits per heavy atom. The molecule has 0 spiro atoms. The van der Waals surface area contributed by atoms with Gasteiger partial charge in [0.25, 0.3) is 0 Å². The van der Waals surface area contributed by atoms with Gasteiger partial charge in [-0.3, -0.25) is 14.9 Å². The van der Waals surface area contributed by atoms with Gasteiger partial charge in [0, 0.05) is 13.5 Å². The van der Waals surface area contributed by atoms with Crippen molar-refractivity contribution in [3.05, 3.63) is 108 Å². The maximum absolute atomic E-state index is 9.70. The number of hydrogen-bond acceptors (Lipinski definition) is 4. The molecule has 3 aromatic rings. The van der Waals surface area contributed by atoms with Crippen LogP contribution in [0.1, 0.15) is 49.3 Å². The lowest BCUT2D eigenvalue weighted by Crippen LogP contribution is -2.33. The Balaban J connectivity index is 0.000000641. The van der Waals surface area contributed by atoms with Crippen LogP contribution in [0.25, 0.3) is 0 Å². The van der Waals surface area contributed by atoms with Gasteiger partial charge in [-0.2, -0.15) is 0 Å². The zero-order chi connectivity index (χ0) is 25.4. The number of ether oxygens (including phenoxy) is 1. The number of nitrogens with one attached hydrogen (secondary N) is 1. The molecule has 0 aliphatic carbocycles. The van der Waals surface area contributed by atoms with E-state index in [0.717, 1.165) is 19.6 Å². The molecule has 0 unspecified atom stereocenters. The van der Waals surface area contributed by atoms with Gasteiger partial charge in [0.05, 0.1) is 0 Å². The Kier molecular flexibility index (Phi) is 12.5. The van der Waals surface area contributed by atoms with E-state index in [2.05, 4.69) is 110 Å². The van der Waals surface area contributed by atoms with Gasteiger partial charge in [-0.15, -0.1) is 0 Å². The number of benzene rings is 3. The van der Waals surface area contributed by atoms with Gasteiger partial charge in [-0.25, -0.2) is 0 Å². The fraction of sp³-hybridized carbons (Fsp3) is 0.333. The van der Waals surface area contributed by atoms with Crippen molar-refractivity contribution in [1.82, 2.24) is 10.2 Å². The van der Waals surface area contributed by atoms with E-state index in [1.54, 1.807) is 0 Å². The first kappa shape index (κ1) is 28.0. The monoisotopic (exact) mass is 474 g/mol. The second-order valence-electron chi connectivity index (χ2n) is 8.66. The van der Waals surface area contributed by atoms with Gasteiger partial charge in [0.15, 0.2) is 0 Å². The average molecular weight is 475 g/mol. The normalized spacial score (nSPS) is 10.9. The largest absolute Gasteiger partial charge is 0.361 e. The third kappa shape index (κ3) is 9.12. The fourth-order valence-electron chi connectivity index (χ4n) is 3.96. The van der Waals surface area contributed by atoms with Crippen LogP contribution in [0, 0.1) is 0 Å². The Bertz CT molecular complexity index is 880. The van der Waals surface area contributed by atoms with E-state index in [1.807, 2.05) is 5.32 Å². The minimum Gasteiger partial charge on any atom is -0.361 e. The van der Waals surface area contributed by atoms with Crippen LogP contribution in [0.2, 0.25) is 0 Å². The molecule has 3 aromatic carbocycles. The van der Waals surface area contributed by atoms with Gasteiger partial charge in [-0.05, 0) is 50.2 Å². The van der Waals surface area contributed by atoms with E-state index >= 15 is 0 Å². The summed E-state index contributed by atoms with van der Waals surface area (Å²) >= 11 is 0. The average Bonchev–Trinajstić information content (AvgIpc) is 2.88. The lowest BCUT2D eigenvalue weighted by Gasteiger charge is -2.36. The Morgan fingerprint density at radius 3 is 1.54 bits per heavy atom. The summed E-state index contributed by atoms with van der Waals surface area (Å²) in [4.78, 5) is 21.2.